The molecule has 0 aliphatic rings. The summed E-state index contributed by atoms with van der Waals surface area (Å²) in [5, 5.41) is -0.420. The highest BCUT2D eigenvalue weighted by molar-refractivity contribution is 6.48. The van der Waals surface area contributed by atoms with E-state index in [2.05, 4.69) is 0 Å². The van der Waals surface area contributed by atoms with Gasteiger partial charge < -0.3 is 0 Å². The molecule has 0 saturated carbocycles. The first-order valence-corrected chi connectivity index (χ1v) is 5.25. The molecule has 1 aromatic rings. The summed E-state index contributed by atoms with van der Waals surface area (Å²) in [5.41, 5.74) is -0.946. The van der Waals surface area contributed by atoms with Crippen LogP contribution in [0.2, 0.25) is 5.02 Å². The smallest absolute Gasteiger partial charge is 0.204 e. The fraction of sp³-hybridized carbons (Fsp3) is 0.250. The molecule has 0 aromatic heterocycles. The van der Waals surface area contributed by atoms with Crippen LogP contribution in [-0.4, -0.2) is 0 Å². The van der Waals surface area contributed by atoms with Gasteiger partial charge in [0.25, 0.3) is 4.59 Å². The minimum atomic E-state index is -2.90. The molecule has 1 aromatic carbocycles. The zero-order valence-corrected chi connectivity index (χ0v) is 9.95. The van der Waals surface area contributed by atoms with Gasteiger partial charge in [-0.1, -0.05) is 34.8 Å². The van der Waals surface area contributed by atoms with Crippen molar-refractivity contribution >= 4 is 46.4 Å². The molecule has 1 rings (SSSR count). The van der Waals surface area contributed by atoms with E-state index in [1.165, 1.54) is 0 Å². The van der Waals surface area contributed by atoms with E-state index < -0.39 is 32.7 Å². The summed E-state index contributed by atoms with van der Waals surface area (Å²) < 4.78 is 36.3. The summed E-state index contributed by atoms with van der Waals surface area (Å²) in [7, 11) is 0. The maximum atomic E-state index is 13.1. The maximum absolute atomic E-state index is 13.1. The number of hydrogen-bond donors (Lipinski definition) is 0. The standard InChI is InChI=1S/C8H3Cl4F3/c9-2-3-6(10)4(8(11,12)15)1-5(13)7(3)14/h1H,2H2. The average molecular weight is 298 g/mol. The topological polar surface area (TPSA) is 0 Å². The third-order valence-corrected chi connectivity index (χ3v) is 2.79. The van der Waals surface area contributed by atoms with Crippen molar-refractivity contribution in [3.05, 3.63) is 33.9 Å². The van der Waals surface area contributed by atoms with E-state index in [9.17, 15) is 13.2 Å². The van der Waals surface area contributed by atoms with Crippen molar-refractivity contribution in [1.82, 2.24) is 0 Å². The van der Waals surface area contributed by atoms with Crippen LogP contribution in [-0.2, 0) is 10.5 Å². The van der Waals surface area contributed by atoms with Crippen LogP contribution in [0, 0.1) is 11.6 Å². The van der Waals surface area contributed by atoms with Gasteiger partial charge in [-0.25, -0.2) is 13.2 Å². The van der Waals surface area contributed by atoms with Crippen molar-refractivity contribution in [3.8, 4) is 0 Å². The van der Waals surface area contributed by atoms with Crippen LogP contribution >= 0.6 is 46.4 Å². The van der Waals surface area contributed by atoms with Gasteiger partial charge in [0.1, 0.15) is 0 Å². The molecule has 0 unspecified atom stereocenters. The van der Waals surface area contributed by atoms with Crippen LogP contribution in [0.4, 0.5) is 13.2 Å². The third-order valence-electron chi connectivity index (χ3n) is 1.69. The lowest BCUT2D eigenvalue weighted by Gasteiger charge is -2.14. The summed E-state index contributed by atoms with van der Waals surface area (Å²) >= 11 is 21.1. The Morgan fingerprint density at radius 1 is 1.27 bits per heavy atom. The second kappa shape index (κ2) is 4.58. The molecule has 84 valence electrons. The molecule has 0 N–H and O–H groups in total. The number of alkyl halides is 4. The van der Waals surface area contributed by atoms with Crippen molar-refractivity contribution in [3.63, 3.8) is 0 Å². The van der Waals surface area contributed by atoms with E-state index in [4.69, 9.17) is 46.4 Å². The van der Waals surface area contributed by atoms with E-state index in [1.54, 1.807) is 0 Å². The maximum Gasteiger partial charge on any atom is 0.284 e. The van der Waals surface area contributed by atoms with Gasteiger partial charge in [0.15, 0.2) is 11.6 Å². The lowest BCUT2D eigenvalue weighted by atomic mass is 10.1. The molecule has 0 heterocycles. The van der Waals surface area contributed by atoms with Crippen LogP contribution in [0.15, 0.2) is 6.07 Å². The molecule has 0 saturated heterocycles. The van der Waals surface area contributed by atoms with Crippen LogP contribution in [0.25, 0.3) is 0 Å². The summed E-state index contributed by atoms with van der Waals surface area (Å²) in [6.45, 7) is 0. The van der Waals surface area contributed by atoms with Crippen LogP contribution < -0.4 is 0 Å². The van der Waals surface area contributed by atoms with Crippen LogP contribution in [0.1, 0.15) is 11.1 Å². The highest BCUT2D eigenvalue weighted by Gasteiger charge is 2.31. The summed E-state index contributed by atoms with van der Waals surface area (Å²) in [4.78, 5) is 0. The highest BCUT2D eigenvalue weighted by Crippen LogP contribution is 2.42. The molecule has 0 aliphatic heterocycles. The SMILES string of the molecule is Fc1cc(C(F)(Cl)Cl)c(Cl)c(CCl)c1F. The first kappa shape index (κ1) is 13.2. The molecule has 0 radical (unpaired) electrons. The van der Waals surface area contributed by atoms with Gasteiger partial charge in [0.05, 0.1) is 10.9 Å². The van der Waals surface area contributed by atoms with Crippen molar-refractivity contribution in [2.75, 3.05) is 0 Å². The highest BCUT2D eigenvalue weighted by atomic mass is 35.5. The summed E-state index contributed by atoms with van der Waals surface area (Å²) in [6, 6.07) is 0.494. The quantitative estimate of drug-likeness (QED) is 0.537. The van der Waals surface area contributed by atoms with Crippen LogP contribution in [0.3, 0.4) is 0 Å². The Morgan fingerprint density at radius 3 is 2.20 bits per heavy atom. The normalized spacial score (nSPS) is 11.9. The van der Waals surface area contributed by atoms with E-state index in [0.29, 0.717) is 6.07 Å². The van der Waals surface area contributed by atoms with Crippen molar-refractivity contribution in [2.24, 2.45) is 0 Å². The molecule has 0 bridgehead atoms. The zero-order chi connectivity index (χ0) is 11.8. The zero-order valence-electron chi connectivity index (χ0n) is 6.93. The molecular formula is C8H3Cl4F3. The Bertz CT molecular complexity index is 386. The predicted octanol–water partition coefficient (Wildman–Crippen LogP) is 4.91. The largest absolute Gasteiger partial charge is 0.284 e. The van der Waals surface area contributed by atoms with Crippen molar-refractivity contribution in [2.45, 2.75) is 10.5 Å². The van der Waals surface area contributed by atoms with Crippen molar-refractivity contribution in [1.29, 1.82) is 0 Å². The van der Waals surface area contributed by atoms with Gasteiger partial charge in [-0.2, -0.15) is 0 Å². The minimum Gasteiger partial charge on any atom is -0.204 e. The number of hydrogen-bond acceptors (Lipinski definition) is 0. The fourth-order valence-corrected chi connectivity index (χ4v) is 2.03. The lowest BCUT2D eigenvalue weighted by molar-refractivity contribution is 0.400. The van der Waals surface area contributed by atoms with Gasteiger partial charge in [-0.15, -0.1) is 11.6 Å². The Labute approximate surface area is 104 Å². The number of benzene rings is 1. The number of rotatable bonds is 2. The molecule has 15 heavy (non-hydrogen) atoms. The first-order valence-electron chi connectivity index (χ1n) is 3.58. The minimum absolute atomic E-state index is 0.378. The summed E-state index contributed by atoms with van der Waals surface area (Å²) in [6.07, 6.45) is 0. The van der Waals surface area contributed by atoms with Gasteiger partial charge in [0, 0.05) is 11.1 Å². The van der Waals surface area contributed by atoms with Gasteiger partial charge in [-0.05, 0) is 6.07 Å². The third kappa shape index (κ3) is 2.64. The Balaban J connectivity index is 3.51. The van der Waals surface area contributed by atoms with E-state index in [-0.39, 0.29) is 5.56 Å². The van der Waals surface area contributed by atoms with Crippen LogP contribution in [0.5, 0.6) is 0 Å². The molecule has 0 fully saturated rings. The first-order chi connectivity index (χ1) is 6.79. The van der Waals surface area contributed by atoms with Crippen molar-refractivity contribution < 1.29 is 13.2 Å². The average Bonchev–Trinajstić information content (AvgIpc) is 2.10. The number of halogens is 7. The van der Waals surface area contributed by atoms with Gasteiger partial charge >= 0.3 is 0 Å². The molecule has 0 aliphatic carbocycles. The Kier molecular flexibility index (Phi) is 4.04. The second-order valence-corrected chi connectivity index (χ2v) is 4.52. The van der Waals surface area contributed by atoms with E-state index in [0.717, 1.165) is 0 Å². The molecule has 0 spiro atoms. The fourth-order valence-electron chi connectivity index (χ4n) is 0.980. The molecule has 0 nitrogen and oxygen atoms in total. The Morgan fingerprint density at radius 2 is 1.80 bits per heavy atom. The van der Waals surface area contributed by atoms with Gasteiger partial charge in [-0.3, -0.25) is 0 Å². The molecule has 0 atom stereocenters. The summed E-state index contributed by atoms with van der Waals surface area (Å²) in [5.74, 6) is -2.97. The second-order valence-electron chi connectivity index (χ2n) is 2.64. The van der Waals surface area contributed by atoms with Gasteiger partial charge in [0.2, 0.25) is 0 Å². The molecular weight excluding hydrogens is 295 g/mol. The lowest BCUT2D eigenvalue weighted by Crippen LogP contribution is -2.07. The van der Waals surface area contributed by atoms with E-state index >= 15 is 0 Å². The Hall–Kier alpha value is 0.170. The van der Waals surface area contributed by atoms with E-state index in [1.807, 2.05) is 0 Å². The molecule has 7 heteroatoms. The monoisotopic (exact) mass is 296 g/mol. The predicted molar refractivity (Wildman–Crippen MR) is 55.4 cm³/mol. The molecule has 0 amide bonds.